The Hall–Kier alpha value is -2.75. The SMILES string of the molecule is Cc1nn(Cn2ccc(C(=O)NCCCC(=O)Cl)n2)c(C)c1[N+](=O)[O-]. The first-order valence-electron chi connectivity index (χ1n) is 7.48. The van der Waals surface area contributed by atoms with Gasteiger partial charge in [0, 0.05) is 19.2 Å². The molecule has 0 aromatic carbocycles. The number of rotatable bonds is 8. The zero-order valence-electron chi connectivity index (χ0n) is 13.7. The highest BCUT2D eigenvalue weighted by atomic mass is 35.5. The summed E-state index contributed by atoms with van der Waals surface area (Å²) in [6, 6.07) is 1.53. The van der Waals surface area contributed by atoms with Crippen LogP contribution in [0.1, 0.15) is 34.7 Å². The quantitative estimate of drug-likeness (QED) is 0.325. The van der Waals surface area contributed by atoms with Crippen molar-refractivity contribution in [3.8, 4) is 0 Å². The van der Waals surface area contributed by atoms with Crippen LogP contribution in [-0.2, 0) is 11.5 Å². The summed E-state index contributed by atoms with van der Waals surface area (Å²) in [5.74, 6) is -0.375. The molecule has 0 aliphatic carbocycles. The molecular weight excluding hydrogens is 352 g/mol. The maximum absolute atomic E-state index is 12.0. The normalized spacial score (nSPS) is 10.7. The lowest BCUT2D eigenvalue weighted by Gasteiger charge is -2.04. The topological polar surface area (TPSA) is 125 Å². The van der Waals surface area contributed by atoms with Gasteiger partial charge in [0.2, 0.25) is 5.24 Å². The molecule has 0 aliphatic heterocycles. The molecule has 0 saturated heterocycles. The summed E-state index contributed by atoms with van der Waals surface area (Å²) in [7, 11) is 0. The maximum atomic E-state index is 12.0. The Balaban J connectivity index is 2.00. The second-order valence-electron chi connectivity index (χ2n) is 5.37. The third-order valence-electron chi connectivity index (χ3n) is 3.51. The number of hydrogen-bond acceptors (Lipinski definition) is 6. The van der Waals surface area contributed by atoms with Crippen molar-refractivity contribution in [2.75, 3.05) is 6.54 Å². The predicted molar refractivity (Wildman–Crippen MR) is 88.4 cm³/mol. The van der Waals surface area contributed by atoms with Gasteiger partial charge < -0.3 is 5.32 Å². The highest BCUT2D eigenvalue weighted by Crippen LogP contribution is 2.21. The molecule has 0 saturated carbocycles. The van der Waals surface area contributed by atoms with E-state index < -0.39 is 10.2 Å². The summed E-state index contributed by atoms with van der Waals surface area (Å²) in [4.78, 5) is 33.1. The van der Waals surface area contributed by atoms with Crippen LogP contribution in [-0.4, -0.2) is 42.2 Å². The first-order valence-corrected chi connectivity index (χ1v) is 7.85. The monoisotopic (exact) mass is 368 g/mol. The molecule has 2 rings (SSSR count). The molecule has 10 nitrogen and oxygen atoms in total. The molecule has 0 fully saturated rings. The summed E-state index contributed by atoms with van der Waals surface area (Å²) in [6.07, 6.45) is 2.22. The molecule has 11 heteroatoms. The van der Waals surface area contributed by atoms with E-state index in [1.165, 1.54) is 15.4 Å². The Kier molecular flexibility index (Phi) is 5.86. The second-order valence-corrected chi connectivity index (χ2v) is 5.79. The Labute approximate surface area is 147 Å². The Morgan fingerprint density at radius 1 is 1.36 bits per heavy atom. The number of hydrogen-bond donors (Lipinski definition) is 1. The van der Waals surface area contributed by atoms with Gasteiger partial charge in [-0.1, -0.05) is 0 Å². The Bertz CT molecular complexity index is 812. The van der Waals surface area contributed by atoms with Crippen LogP contribution in [0.25, 0.3) is 0 Å². The fourth-order valence-corrected chi connectivity index (χ4v) is 2.44. The molecule has 2 aromatic rings. The summed E-state index contributed by atoms with van der Waals surface area (Å²) < 4.78 is 2.91. The van der Waals surface area contributed by atoms with Crippen LogP contribution in [0.15, 0.2) is 12.3 Å². The first-order chi connectivity index (χ1) is 11.8. The van der Waals surface area contributed by atoms with Gasteiger partial charge in [0.1, 0.15) is 23.8 Å². The standard InChI is InChI=1S/C14H17ClN6O4/c1-9-13(21(24)25)10(2)20(17-9)8-19-7-5-11(18-19)14(23)16-6-3-4-12(15)22/h5,7H,3-4,6,8H2,1-2H3,(H,16,23). The fraction of sp³-hybridized carbons (Fsp3) is 0.429. The van der Waals surface area contributed by atoms with E-state index >= 15 is 0 Å². The number of amides is 1. The highest BCUT2D eigenvalue weighted by molar-refractivity contribution is 6.63. The molecule has 2 heterocycles. The van der Waals surface area contributed by atoms with E-state index in [0.29, 0.717) is 24.4 Å². The summed E-state index contributed by atoms with van der Waals surface area (Å²) in [6.45, 7) is 3.63. The third kappa shape index (κ3) is 4.63. The number of nitrogens with zero attached hydrogens (tertiary/aromatic N) is 5. The van der Waals surface area contributed by atoms with Gasteiger partial charge in [-0.3, -0.25) is 24.4 Å². The van der Waals surface area contributed by atoms with E-state index in [4.69, 9.17) is 11.6 Å². The smallest absolute Gasteiger partial charge is 0.312 e. The highest BCUT2D eigenvalue weighted by Gasteiger charge is 2.22. The van der Waals surface area contributed by atoms with Crippen molar-refractivity contribution in [2.24, 2.45) is 0 Å². The molecule has 25 heavy (non-hydrogen) atoms. The molecule has 0 spiro atoms. The first kappa shape index (κ1) is 18.6. The third-order valence-corrected chi connectivity index (χ3v) is 3.70. The molecule has 2 aromatic heterocycles. The summed E-state index contributed by atoms with van der Waals surface area (Å²) in [5.41, 5.74) is 0.906. The van der Waals surface area contributed by atoms with E-state index in [0.717, 1.165) is 0 Å². The minimum absolute atomic E-state index is 0.0287. The van der Waals surface area contributed by atoms with Crippen molar-refractivity contribution in [1.29, 1.82) is 0 Å². The lowest BCUT2D eigenvalue weighted by atomic mass is 10.3. The number of nitro groups is 1. The number of nitrogens with one attached hydrogen (secondary N) is 1. The average molecular weight is 369 g/mol. The minimum Gasteiger partial charge on any atom is -0.351 e. The van der Waals surface area contributed by atoms with Gasteiger partial charge in [0.05, 0.1) is 4.92 Å². The van der Waals surface area contributed by atoms with Crippen molar-refractivity contribution in [3.63, 3.8) is 0 Å². The zero-order chi connectivity index (χ0) is 18.6. The second kappa shape index (κ2) is 7.88. The van der Waals surface area contributed by atoms with Crippen molar-refractivity contribution < 1.29 is 14.5 Å². The average Bonchev–Trinajstić information content (AvgIpc) is 3.09. The van der Waals surface area contributed by atoms with Crippen molar-refractivity contribution in [1.82, 2.24) is 24.9 Å². The van der Waals surface area contributed by atoms with Gasteiger partial charge in [-0.25, -0.2) is 4.68 Å². The number of carbonyl (C=O) groups is 2. The number of carbonyl (C=O) groups excluding carboxylic acids is 2. The lowest BCUT2D eigenvalue weighted by molar-refractivity contribution is -0.386. The van der Waals surface area contributed by atoms with Crippen LogP contribution in [0.3, 0.4) is 0 Å². The number of aryl methyl sites for hydroxylation is 1. The minimum atomic E-state index is -0.471. The van der Waals surface area contributed by atoms with Gasteiger partial charge in [-0.15, -0.1) is 0 Å². The maximum Gasteiger partial charge on any atom is 0.312 e. The van der Waals surface area contributed by atoms with Crippen LogP contribution < -0.4 is 5.32 Å². The zero-order valence-corrected chi connectivity index (χ0v) is 14.5. The fourth-order valence-electron chi connectivity index (χ4n) is 2.31. The van der Waals surface area contributed by atoms with Crippen molar-refractivity contribution >= 4 is 28.4 Å². The van der Waals surface area contributed by atoms with Crippen molar-refractivity contribution in [2.45, 2.75) is 33.4 Å². The molecule has 1 N–H and O–H groups in total. The van der Waals surface area contributed by atoms with E-state index in [2.05, 4.69) is 15.5 Å². The van der Waals surface area contributed by atoms with Gasteiger partial charge >= 0.3 is 5.69 Å². The molecule has 0 bridgehead atoms. The molecule has 1 amide bonds. The molecular formula is C14H17ClN6O4. The largest absolute Gasteiger partial charge is 0.351 e. The molecule has 0 aliphatic rings. The van der Waals surface area contributed by atoms with E-state index in [1.807, 2.05) is 0 Å². The number of aromatic nitrogens is 4. The molecule has 0 radical (unpaired) electrons. The van der Waals surface area contributed by atoms with Gasteiger partial charge in [0.25, 0.3) is 5.91 Å². The summed E-state index contributed by atoms with van der Waals surface area (Å²) >= 11 is 5.22. The van der Waals surface area contributed by atoms with Crippen LogP contribution in [0, 0.1) is 24.0 Å². The number of halogens is 1. The van der Waals surface area contributed by atoms with Gasteiger partial charge in [0.15, 0.2) is 0 Å². The van der Waals surface area contributed by atoms with Gasteiger partial charge in [-0.05, 0) is 37.9 Å². The predicted octanol–water partition coefficient (Wildman–Crippen LogP) is 1.39. The Morgan fingerprint density at radius 2 is 2.08 bits per heavy atom. The van der Waals surface area contributed by atoms with Crippen LogP contribution in [0.4, 0.5) is 5.69 Å². The van der Waals surface area contributed by atoms with Crippen LogP contribution in [0.2, 0.25) is 0 Å². The van der Waals surface area contributed by atoms with E-state index in [9.17, 15) is 19.7 Å². The van der Waals surface area contributed by atoms with Crippen LogP contribution >= 0.6 is 11.6 Å². The molecule has 134 valence electrons. The van der Waals surface area contributed by atoms with E-state index in [1.54, 1.807) is 20.0 Å². The molecule has 0 unspecified atom stereocenters. The molecule has 0 atom stereocenters. The van der Waals surface area contributed by atoms with Crippen molar-refractivity contribution in [3.05, 3.63) is 39.5 Å². The summed E-state index contributed by atoms with van der Waals surface area (Å²) in [5, 5.41) is 21.5. The van der Waals surface area contributed by atoms with E-state index in [-0.39, 0.29) is 30.4 Å². The van der Waals surface area contributed by atoms with Gasteiger partial charge in [-0.2, -0.15) is 10.2 Å². The van der Waals surface area contributed by atoms with Crippen LogP contribution in [0.5, 0.6) is 0 Å². The lowest BCUT2D eigenvalue weighted by Crippen LogP contribution is -2.25. The Morgan fingerprint density at radius 3 is 2.68 bits per heavy atom.